The highest BCUT2D eigenvalue weighted by Crippen LogP contribution is 2.21. The molecule has 0 rings (SSSR count). The summed E-state index contributed by atoms with van der Waals surface area (Å²) in [5, 5.41) is 11.8. The van der Waals surface area contributed by atoms with Gasteiger partial charge in [0.05, 0.1) is 29.3 Å². The lowest BCUT2D eigenvalue weighted by Crippen LogP contribution is -2.34. The Hall–Kier alpha value is -1.12. The number of carbonyl (C=O) groups excluding carboxylic acids is 1. The number of methoxy groups -OCH3 is 1. The Balaban J connectivity index is 3.97. The predicted molar refractivity (Wildman–Crippen MR) is 92.0 cm³/mol. The molecule has 0 spiro atoms. The molecule has 134 valence electrons. The third-order valence-corrected chi connectivity index (χ3v) is 4.08. The summed E-state index contributed by atoms with van der Waals surface area (Å²) in [4.78, 5) is 11.8. The van der Waals surface area contributed by atoms with Gasteiger partial charge in [0.1, 0.15) is 0 Å². The van der Waals surface area contributed by atoms with E-state index in [1.165, 1.54) is 0 Å². The summed E-state index contributed by atoms with van der Waals surface area (Å²) < 4.78 is 11.3. The van der Waals surface area contributed by atoms with Crippen LogP contribution in [0.25, 0.3) is 0 Å². The summed E-state index contributed by atoms with van der Waals surface area (Å²) in [6.07, 6.45) is 2.52. The molecule has 1 N–H and O–H groups in total. The summed E-state index contributed by atoms with van der Waals surface area (Å²) in [7, 11) is 1.70. The van der Waals surface area contributed by atoms with E-state index in [1.54, 1.807) is 7.11 Å². The maximum absolute atomic E-state index is 11.8. The van der Waals surface area contributed by atoms with E-state index >= 15 is 0 Å². The summed E-state index contributed by atoms with van der Waals surface area (Å²) in [6, 6.07) is 2.21. The highest BCUT2D eigenvalue weighted by atomic mass is 16.5. The lowest BCUT2D eigenvalue weighted by Gasteiger charge is -2.29. The third kappa shape index (κ3) is 11.1. The zero-order valence-electron chi connectivity index (χ0n) is 15.9. The zero-order chi connectivity index (χ0) is 18.1. The van der Waals surface area contributed by atoms with Crippen LogP contribution in [0.15, 0.2) is 0 Å². The molecule has 0 aromatic carbocycles. The van der Waals surface area contributed by atoms with Crippen LogP contribution in [0.3, 0.4) is 0 Å². The number of rotatable bonds is 11. The zero-order valence-corrected chi connectivity index (χ0v) is 15.9. The Morgan fingerprint density at radius 1 is 1.04 bits per heavy atom. The van der Waals surface area contributed by atoms with Gasteiger partial charge >= 0.3 is 0 Å². The second-order valence-electron chi connectivity index (χ2n) is 7.92. The first-order valence-electron chi connectivity index (χ1n) is 8.30. The molecule has 0 fully saturated rings. The highest BCUT2D eigenvalue weighted by Gasteiger charge is 2.22. The molecule has 0 unspecified atom stereocenters. The molecule has 0 aliphatic rings. The molecule has 0 bridgehead atoms. The molecule has 0 saturated carbocycles. The Bertz CT molecular complexity index is 409. The number of nitriles is 1. The standard InChI is InChI=1S/C18H34N2O3/c1-16(2,14-19)9-8-15(21)20-12-10-18(5,6)23-13-11-17(3,4)22-7/h8-13H2,1-7H3,(H,20,21). The van der Waals surface area contributed by atoms with Crippen molar-refractivity contribution in [1.29, 1.82) is 5.26 Å². The van der Waals surface area contributed by atoms with E-state index < -0.39 is 5.41 Å². The Morgan fingerprint density at radius 3 is 2.17 bits per heavy atom. The molecule has 1 amide bonds. The molecule has 5 heteroatoms. The van der Waals surface area contributed by atoms with Crippen LogP contribution >= 0.6 is 0 Å². The van der Waals surface area contributed by atoms with Crippen LogP contribution in [0, 0.1) is 16.7 Å². The van der Waals surface area contributed by atoms with Gasteiger partial charge in [0.25, 0.3) is 0 Å². The van der Waals surface area contributed by atoms with Crippen LogP contribution in [0.1, 0.15) is 67.2 Å². The van der Waals surface area contributed by atoms with Gasteiger partial charge in [0.2, 0.25) is 5.91 Å². The average molecular weight is 326 g/mol. The van der Waals surface area contributed by atoms with E-state index in [4.69, 9.17) is 14.7 Å². The van der Waals surface area contributed by atoms with Gasteiger partial charge in [0, 0.05) is 20.1 Å². The molecule has 0 radical (unpaired) electrons. The maximum atomic E-state index is 11.8. The molecule has 23 heavy (non-hydrogen) atoms. The largest absolute Gasteiger partial charge is 0.379 e. The minimum absolute atomic E-state index is 0.00959. The second-order valence-corrected chi connectivity index (χ2v) is 7.92. The quantitative estimate of drug-likeness (QED) is 0.631. The normalized spacial score (nSPS) is 12.8. The van der Waals surface area contributed by atoms with Gasteiger partial charge in [-0.05, 0) is 60.8 Å². The van der Waals surface area contributed by atoms with Crippen LogP contribution in [0.5, 0.6) is 0 Å². The monoisotopic (exact) mass is 326 g/mol. The summed E-state index contributed by atoms with van der Waals surface area (Å²) in [6.45, 7) is 13.0. The molecule has 0 saturated heterocycles. The molecule has 0 aliphatic carbocycles. The van der Waals surface area contributed by atoms with E-state index in [9.17, 15) is 4.79 Å². The minimum atomic E-state index is -0.451. The van der Waals surface area contributed by atoms with Crippen molar-refractivity contribution in [2.45, 2.75) is 78.4 Å². The number of hydrogen-bond donors (Lipinski definition) is 1. The van der Waals surface area contributed by atoms with Crippen LogP contribution in [-0.2, 0) is 14.3 Å². The van der Waals surface area contributed by atoms with Crippen LogP contribution < -0.4 is 5.32 Å². The van der Waals surface area contributed by atoms with Crippen LogP contribution in [-0.4, -0.2) is 37.4 Å². The summed E-state index contributed by atoms with van der Waals surface area (Å²) >= 11 is 0. The summed E-state index contributed by atoms with van der Waals surface area (Å²) in [5.74, 6) is -0.00959. The number of nitrogens with zero attached hydrogens (tertiary/aromatic N) is 1. The first-order valence-corrected chi connectivity index (χ1v) is 8.30. The van der Waals surface area contributed by atoms with Crippen LogP contribution in [0.2, 0.25) is 0 Å². The van der Waals surface area contributed by atoms with Gasteiger partial charge in [-0.3, -0.25) is 4.79 Å². The summed E-state index contributed by atoms with van der Waals surface area (Å²) in [5.41, 5.74) is -0.922. The number of ether oxygens (including phenoxy) is 2. The number of amides is 1. The third-order valence-electron chi connectivity index (χ3n) is 4.08. The van der Waals surface area contributed by atoms with Crippen molar-refractivity contribution < 1.29 is 14.3 Å². The van der Waals surface area contributed by atoms with E-state index in [0.717, 1.165) is 12.8 Å². The first kappa shape index (κ1) is 21.9. The fourth-order valence-corrected chi connectivity index (χ4v) is 1.82. The number of hydrogen-bond acceptors (Lipinski definition) is 4. The van der Waals surface area contributed by atoms with Gasteiger partial charge in [-0.1, -0.05) is 0 Å². The Labute approximate surface area is 141 Å². The molecule has 0 aromatic heterocycles. The molecular formula is C18H34N2O3. The van der Waals surface area contributed by atoms with E-state index in [1.807, 2.05) is 41.5 Å². The molecule has 5 nitrogen and oxygen atoms in total. The lowest BCUT2D eigenvalue weighted by atomic mass is 9.90. The van der Waals surface area contributed by atoms with Gasteiger partial charge in [-0.25, -0.2) is 0 Å². The SMILES string of the molecule is COC(C)(C)CCOC(C)(C)CCNC(=O)CCC(C)(C)C#N. The van der Waals surface area contributed by atoms with Gasteiger partial charge in [0.15, 0.2) is 0 Å². The molecular weight excluding hydrogens is 292 g/mol. The molecule has 0 aromatic rings. The maximum Gasteiger partial charge on any atom is 0.220 e. The van der Waals surface area contributed by atoms with Crippen molar-refractivity contribution in [3.63, 3.8) is 0 Å². The number of nitrogens with one attached hydrogen (secondary N) is 1. The van der Waals surface area contributed by atoms with Crippen molar-refractivity contribution >= 4 is 5.91 Å². The van der Waals surface area contributed by atoms with Crippen molar-refractivity contribution in [3.8, 4) is 6.07 Å². The average Bonchev–Trinajstić information content (AvgIpc) is 2.44. The van der Waals surface area contributed by atoms with Crippen molar-refractivity contribution in [3.05, 3.63) is 0 Å². The molecule has 0 atom stereocenters. The lowest BCUT2D eigenvalue weighted by molar-refractivity contribution is -0.121. The van der Waals surface area contributed by atoms with Crippen molar-refractivity contribution in [2.75, 3.05) is 20.3 Å². The topological polar surface area (TPSA) is 71.3 Å². The predicted octanol–water partition coefficient (Wildman–Crippen LogP) is 3.43. The van der Waals surface area contributed by atoms with Crippen LogP contribution in [0.4, 0.5) is 0 Å². The first-order chi connectivity index (χ1) is 10.4. The van der Waals surface area contributed by atoms with E-state index in [2.05, 4.69) is 11.4 Å². The Morgan fingerprint density at radius 2 is 1.65 bits per heavy atom. The fourth-order valence-electron chi connectivity index (χ4n) is 1.82. The highest BCUT2D eigenvalue weighted by molar-refractivity contribution is 5.75. The molecule has 0 heterocycles. The van der Waals surface area contributed by atoms with Crippen molar-refractivity contribution in [1.82, 2.24) is 5.32 Å². The molecule has 0 aliphatic heterocycles. The Kier molecular flexibility index (Phi) is 8.79. The van der Waals surface area contributed by atoms with Gasteiger partial charge in [-0.2, -0.15) is 5.26 Å². The minimum Gasteiger partial charge on any atom is -0.379 e. The number of carbonyl (C=O) groups is 1. The van der Waals surface area contributed by atoms with E-state index in [-0.39, 0.29) is 17.1 Å². The van der Waals surface area contributed by atoms with Gasteiger partial charge in [-0.15, -0.1) is 0 Å². The fraction of sp³-hybridized carbons (Fsp3) is 0.889. The van der Waals surface area contributed by atoms with Gasteiger partial charge < -0.3 is 14.8 Å². The smallest absolute Gasteiger partial charge is 0.220 e. The van der Waals surface area contributed by atoms with Crippen molar-refractivity contribution in [2.24, 2.45) is 5.41 Å². The van der Waals surface area contributed by atoms with E-state index in [0.29, 0.717) is 26.0 Å². The second kappa shape index (κ2) is 9.24.